The molecule has 0 fully saturated rings. The molecule has 1 rings (SSSR count). The second kappa shape index (κ2) is 8.31. The molecule has 0 heterocycles. The normalized spacial score (nSPS) is 9.83. The molecule has 1 amide bonds. The highest BCUT2D eigenvalue weighted by Crippen LogP contribution is 2.09. The molecule has 0 aliphatic heterocycles. The van der Waals surface area contributed by atoms with Gasteiger partial charge in [-0.2, -0.15) is 0 Å². The molecule has 0 saturated carbocycles. The minimum atomic E-state index is -0.0527. The maximum Gasteiger partial charge on any atom is 0.221 e. The van der Waals surface area contributed by atoms with Gasteiger partial charge in [0.05, 0.1) is 12.9 Å². The number of ether oxygens (including phenoxy) is 1. The Hall–Kier alpha value is -1.81. The highest BCUT2D eigenvalue weighted by Gasteiger charge is 1.96. The van der Waals surface area contributed by atoms with E-state index in [4.69, 9.17) is 4.74 Å². The van der Waals surface area contributed by atoms with E-state index < -0.39 is 0 Å². The van der Waals surface area contributed by atoms with Gasteiger partial charge in [-0.3, -0.25) is 4.79 Å². The quantitative estimate of drug-likeness (QED) is 0.548. The van der Waals surface area contributed by atoms with Gasteiger partial charge < -0.3 is 15.4 Å². The monoisotopic (exact) mass is 248 g/mol. The maximum atomic E-state index is 10.9. The minimum absolute atomic E-state index is 0.0527. The number of amides is 1. The van der Waals surface area contributed by atoms with Crippen molar-refractivity contribution in [2.75, 3.05) is 18.5 Å². The van der Waals surface area contributed by atoms with Gasteiger partial charge in [0.25, 0.3) is 0 Å². The zero-order chi connectivity index (χ0) is 13.2. The fourth-order valence-electron chi connectivity index (χ4n) is 1.51. The van der Waals surface area contributed by atoms with Crippen LogP contribution >= 0.6 is 0 Å². The molecule has 0 radical (unpaired) electrons. The molecule has 1 aromatic carbocycles. The van der Waals surface area contributed by atoms with Crippen molar-refractivity contribution in [1.29, 1.82) is 0 Å². The summed E-state index contributed by atoms with van der Waals surface area (Å²) in [6.07, 6.45) is 2.41. The summed E-state index contributed by atoms with van der Waals surface area (Å²) in [5.74, 6) is -0.0527. The average Bonchev–Trinajstić information content (AvgIpc) is 2.35. The van der Waals surface area contributed by atoms with Gasteiger partial charge in [-0.25, -0.2) is 0 Å². The SMILES string of the molecule is C=COCCCNCc1ccc(NC(C)=O)cc1. The predicted octanol–water partition coefficient (Wildman–Crippen LogP) is 2.28. The van der Waals surface area contributed by atoms with Crippen molar-refractivity contribution in [2.45, 2.75) is 19.9 Å². The van der Waals surface area contributed by atoms with E-state index in [1.54, 1.807) is 0 Å². The van der Waals surface area contributed by atoms with Crippen LogP contribution in [0.15, 0.2) is 37.1 Å². The summed E-state index contributed by atoms with van der Waals surface area (Å²) >= 11 is 0. The third-order valence-electron chi connectivity index (χ3n) is 2.34. The molecular weight excluding hydrogens is 228 g/mol. The summed E-state index contributed by atoms with van der Waals surface area (Å²) in [4.78, 5) is 10.9. The lowest BCUT2D eigenvalue weighted by molar-refractivity contribution is -0.114. The smallest absolute Gasteiger partial charge is 0.221 e. The largest absolute Gasteiger partial charge is 0.502 e. The van der Waals surface area contributed by atoms with Gasteiger partial charge in [-0.15, -0.1) is 0 Å². The van der Waals surface area contributed by atoms with Crippen LogP contribution in [0, 0.1) is 0 Å². The lowest BCUT2D eigenvalue weighted by Gasteiger charge is -2.06. The number of hydrogen-bond donors (Lipinski definition) is 2. The zero-order valence-electron chi connectivity index (χ0n) is 10.7. The Morgan fingerprint density at radius 1 is 1.39 bits per heavy atom. The van der Waals surface area contributed by atoms with E-state index >= 15 is 0 Å². The van der Waals surface area contributed by atoms with Gasteiger partial charge in [0.1, 0.15) is 0 Å². The third-order valence-corrected chi connectivity index (χ3v) is 2.34. The summed E-state index contributed by atoms with van der Waals surface area (Å²) in [6, 6.07) is 7.80. The first-order chi connectivity index (χ1) is 8.72. The van der Waals surface area contributed by atoms with Crippen LogP contribution in [-0.4, -0.2) is 19.1 Å². The van der Waals surface area contributed by atoms with Crippen LogP contribution in [0.2, 0.25) is 0 Å². The van der Waals surface area contributed by atoms with Crippen molar-refractivity contribution in [3.8, 4) is 0 Å². The second-order valence-electron chi connectivity index (χ2n) is 3.95. The first-order valence-electron chi connectivity index (χ1n) is 6.02. The topological polar surface area (TPSA) is 50.4 Å². The van der Waals surface area contributed by atoms with Crippen LogP contribution in [0.3, 0.4) is 0 Å². The second-order valence-corrected chi connectivity index (χ2v) is 3.95. The predicted molar refractivity (Wildman–Crippen MR) is 73.2 cm³/mol. The molecule has 0 bridgehead atoms. The van der Waals surface area contributed by atoms with Gasteiger partial charge >= 0.3 is 0 Å². The van der Waals surface area contributed by atoms with Crippen LogP contribution in [0.25, 0.3) is 0 Å². The molecule has 4 heteroatoms. The molecule has 0 spiro atoms. The van der Waals surface area contributed by atoms with E-state index in [0.717, 1.165) is 25.2 Å². The Morgan fingerprint density at radius 2 is 2.11 bits per heavy atom. The lowest BCUT2D eigenvalue weighted by Crippen LogP contribution is -2.16. The summed E-state index contributed by atoms with van der Waals surface area (Å²) in [5.41, 5.74) is 2.01. The van der Waals surface area contributed by atoms with Gasteiger partial charge in [-0.05, 0) is 30.7 Å². The Balaban J connectivity index is 2.22. The van der Waals surface area contributed by atoms with E-state index in [1.165, 1.54) is 18.7 Å². The highest BCUT2D eigenvalue weighted by molar-refractivity contribution is 5.88. The molecule has 0 aromatic heterocycles. The zero-order valence-corrected chi connectivity index (χ0v) is 10.7. The average molecular weight is 248 g/mol. The molecule has 0 unspecified atom stereocenters. The summed E-state index contributed by atoms with van der Waals surface area (Å²) in [7, 11) is 0. The van der Waals surface area contributed by atoms with E-state index in [0.29, 0.717) is 6.61 Å². The molecule has 0 atom stereocenters. The number of carbonyl (C=O) groups excluding carboxylic acids is 1. The van der Waals surface area contributed by atoms with Crippen LogP contribution in [0.5, 0.6) is 0 Å². The Morgan fingerprint density at radius 3 is 2.72 bits per heavy atom. The molecule has 98 valence electrons. The summed E-state index contributed by atoms with van der Waals surface area (Å²) in [5, 5.41) is 6.06. The lowest BCUT2D eigenvalue weighted by atomic mass is 10.2. The van der Waals surface area contributed by atoms with Crippen molar-refractivity contribution in [2.24, 2.45) is 0 Å². The highest BCUT2D eigenvalue weighted by atomic mass is 16.5. The van der Waals surface area contributed by atoms with Crippen LogP contribution in [0.1, 0.15) is 18.9 Å². The molecule has 0 saturated heterocycles. The molecule has 0 aliphatic carbocycles. The molecule has 4 nitrogen and oxygen atoms in total. The Kier molecular flexibility index (Phi) is 6.58. The van der Waals surface area contributed by atoms with Gasteiger partial charge in [0.15, 0.2) is 0 Å². The first-order valence-corrected chi connectivity index (χ1v) is 6.02. The van der Waals surface area contributed by atoms with Crippen molar-refractivity contribution >= 4 is 11.6 Å². The summed E-state index contributed by atoms with van der Waals surface area (Å²) < 4.78 is 5.02. The van der Waals surface area contributed by atoms with Crippen molar-refractivity contribution in [3.63, 3.8) is 0 Å². The van der Waals surface area contributed by atoms with Crippen LogP contribution in [0.4, 0.5) is 5.69 Å². The number of hydrogen-bond acceptors (Lipinski definition) is 3. The van der Waals surface area contributed by atoms with E-state index in [1.807, 2.05) is 24.3 Å². The number of nitrogens with one attached hydrogen (secondary N) is 2. The molecular formula is C14H20N2O2. The Bertz CT molecular complexity index is 374. The van der Waals surface area contributed by atoms with Crippen LogP contribution < -0.4 is 10.6 Å². The van der Waals surface area contributed by atoms with Gasteiger partial charge in [0, 0.05) is 19.2 Å². The number of anilines is 1. The molecule has 2 N–H and O–H groups in total. The maximum absolute atomic E-state index is 10.9. The van der Waals surface area contributed by atoms with Gasteiger partial charge in [0.2, 0.25) is 5.91 Å². The van der Waals surface area contributed by atoms with Crippen molar-refractivity contribution in [3.05, 3.63) is 42.7 Å². The van der Waals surface area contributed by atoms with Crippen molar-refractivity contribution in [1.82, 2.24) is 5.32 Å². The van der Waals surface area contributed by atoms with Crippen LogP contribution in [-0.2, 0) is 16.1 Å². The van der Waals surface area contributed by atoms with E-state index in [9.17, 15) is 4.79 Å². The van der Waals surface area contributed by atoms with Gasteiger partial charge in [-0.1, -0.05) is 18.7 Å². The van der Waals surface area contributed by atoms with E-state index in [2.05, 4.69) is 17.2 Å². The van der Waals surface area contributed by atoms with E-state index in [-0.39, 0.29) is 5.91 Å². The summed E-state index contributed by atoms with van der Waals surface area (Å²) in [6.45, 7) is 7.39. The molecule has 1 aromatic rings. The van der Waals surface area contributed by atoms with Crippen molar-refractivity contribution < 1.29 is 9.53 Å². The Labute approximate surface area is 108 Å². The number of rotatable bonds is 8. The number of benzene rings is 1. The fourth-order valence-corrected chi connectivity index (χ4v) is 1.51. The minimum Gasteiger partial charge on any atom is -0.502 e. The first kappa shape index (κ1) is 14.3. The molecule has 0 aliphatic rings. The third kappa shape index (κ3) is 6.06. The standard InChI is InChI=1S/C14H20N2O2/c1-3-18-10-4-9-15-11-13-5-7-14(8-6-13)16-12(2)17/h3,5-8,15H,1,4,9-11H2,2H3,(H,16,17). The fraction of sp³-hybridized carbons (Fsp3) is 0.357. The number of carbonyl (C=O) groups is 1. The molecule has 18 heavy (non-hydrogen) atoms.